The van der Waals surface area contributed by atoms with Crippen molar-refractivity contribution in [3.05, 3.63) is 17.7 Å². The van der Waals surface area contributed by atoms with Gasteiger partial charge in [0.05, 0.1) is 25.6 Å². The SMILES string of the molecule is CCCCOc1cc(C(=O)N(CCCC)CCC(C)=O)cc(OCCC)c1OCCCS(=O)(=O)O.O=S(=O)=O. The summed E-state index contributed by atoms with van der Waals surface area (Å²) in [6, 6.07) is 3.22. The minimum Gasteiger partial charge on any atom is -0.490 e. The highest BCUT2D eigenvalue weighted by Crippen LogP contribution is 2.40. The van der Waals surface area contributed by atoms with Gasteiger partial charge in [0.1, 0.15) is 5.78 Å². The number of unbranched alkanes of at least 4 members (excludes halogenated alkanes) is 2. The molecule has 0 aliphatic rings. The lowest BCUT2D eigenvalue weighted by Gasteiger charge is -2.24. The molecule has 0 aliphatic heterocycles. The molecule has 39 heavy (non-hydrogen) atoms. The van der Waals surface area contributed by atoms with Gasteiger partial charge in [-0.2, -0.15) is 8.42 Å². The monoisotopic (exact) mass is 595 g/mol. The van der Waals surface area contributed by atoms with E-state index in [4.69, 9.17) is 31.4 Å². The van der Waals surface area contributed by atoms with Crippen LogP contribution in [0.5, 0.6) is 17.2 Å². The molecule has 1 rings (SSSR count). The van der Waals surface area contributed by atoms with Gasteiger partial charge in [0.25, 0.3) is 16.0 Å². The number of carbonyl (C=O) groups is 2. The van der Waals surface area contributed by atoms with Crippen molar-refractivity contribution in [1.29, 1.82) is 0 Å². The third-order valence-corrected chi connectivity index (χ3v) is 5.89. The highest BCUT2D eigenvalue weighted by Gasteiger charge is 2.22. The Morgan fingerprint density at radius 3 is 1.87 bits per heavy atom. The van der Waals surface area contributed by atoms with Crippen molar-refractivity contribution in [2.75, 3.05) is 38.7 Å². The summed E-state index contributed by atoms with van der Waals surface area (Å²) in [5, 5.41) is 0. The maximum atomic E-state index is 13.4. The summed E-state index contributed by atoms with van der Waals surface area (Å²) in [5.74, 6) is 0.332. The van der Waals surface area contributed by atoms with Crippen LogP contribution in [0.15, 0.2) is 12.1 Å². The lowest BCUT2D eigenvalue weighted by molar-refractivity contribution is -0.117. The second-order valence-electron chi connectivity index (χ2n) is 8.64. The fourth-order valence-electron chi connectivity index (χ4n) is 3.15. The molecule has 0 fully saturated rings. The molecule has 1 aromatic rings. The van der Waals surface area contributed by atoms with Crippen LogP contribution in [0.25, 0.3) is 0 Å². The molecule has 0 aliphatic carbocycles. The molecule has 0 aromatic heterocycles. The van der Waals surface area contributed by atoms with Crippen molar-refractivity contribution < 1.29 is 49.4 Å². The molecule has 12 nitrogen and oxygen atoms in total. The van der Waals surface area contributed by atoms with E-state index in [1.54, 1.807) is 17.0 Å². The number of hydrogen-bond acceptors (Lipinski definition) is 10. The zero-order valence-electron chi connectivity index (χ0n) is 23.1. The normalized spacial score (nSPS) is 10.7. The highest BCUT2D eigenvalue weighted by atomic mass is 32.2. The van der Waals surface area contributed by atoms with E-state index in [9.17, 15) is 18.0 Å². The molecule has 0 radical (unpaired) electrons. The summed E-state index contributed by atoms with van der Waals surface area (Å²) in [4.78, 5) is 26.6. The summed E-state index contributed by atoms with van der Waals surface area (Å²) in [7, 11) is -7.21. The van der Waals surface area contributed by atoms with Gasteiger partial charge in [-0.25, -0.2) is 0 Å². The summed E-state index contributed by atoms with van der Waals surface area (Å²) in [6.45, 7) is 9.21. The van der Waals surface area contributed by atoms with E-state index in [-0.39, 0.29) is 31.1 Å². The van der Waals surface area contributed by atoms with E-state index in [0.29, 0.717) is 49.1 Å². The Bertz CT molecular complexity index is 1100. The molecule has 1 aromatic carbocycles. The Hall–Kier alpha value is -2.71. The fraction of sp³-hybridized carbons (Fsp3) is 0.680. The number of benzene rings is 1. The second kappa shape index (κ2) is 20.2. The maximum absolute atomic E-state index is 13.4. The third kappa shape index (κ3) is 17.5. The lowest BCUT2D eigenvalue weighted by Crippen LogP contribution is -2.33. The molecular weight excluding hydrogens is 554 g/mol. The van der Waals surface area contributed by atoms with E-state index >= 15 is 0 Å². The van der Waals surface area contributed by atoms with E-state index in [2.05, 4.69) is 0 Å². The molecule has 1 amide bonds. The Labute approximate surface area is 232 Å². The van der Waals surface area contributed by atoms with Gasteiger partial charge in [-0.1, -0.05) is 33.6 Å². The van der Waals surface area contributed by atoms with Crippen LogP contribution in [0.2, 0.25) is 0 Å². The first-order valence-corrected chi connectivity index (χ1v) is 15.5. The van der Waals surface area contributed by atoms with E-state index in [0.717, 1.165) is 32.1 Å². The summed E-state index contributed by atoms with van der Waals surface area (Å²) >= 11 is 0. The van der Waals surface area contributed by atoms with Crippen LogP contribution in [-0.2, 0) is 25.5 Å². The first-order valence-electron chi connectivity index (χ1n) is 12.9. The zero-order chi connectivity index (χ0) is 29.8. The number of Topliss-reactive ketones (excluding diaryl/α,β-unsaturated/α-hetero) is 1. The number of rotatable bonds is 19. The first kappa shape index (κ1) is 36.3. The van der Waals surface area contributed by atoms with Gasteiger partial charge < -0.3 is 19.1 Å². The fourth-order valence-corrected chi connectivity index (χ4v) is 3.63. The molecular formula is C25H41NO11S2. The molecule has 0 spiro atoms. The lowest BCUT2D eigenvalue weighted by atomic mass is 10.1. The van der Waals surface area contributed by atoms with Crippen molar-refractivity contribution >= 4 is 32.4 Å². The number of carbonyl (C=O) groups excluding carboxylic acids is 2. The Balaban J connectivity index is 0.00000336. The number of ether oxygens (including phenoxy) is 3. The Morgan fingerprint density at radius 2 is 1.38 bits per heavy atom. The van der Waals surface area contributed by atoms with Gasteiger partial charge >= 0.3 is 10.6 Å². The molecule has 0 atom stereocenters. The van der Waals surface area contributed by atoms with Gasteiger partial charge in [0, 0.05) is 25.1 Å². The second-order valence-corrected chi connectivity index (χ2v) is 10.6. The van der Waals surface area contributed by atoms with Crippen molar-refractivity contribution in [3.63, 3.8) is 0 Å². The largest absolute Gasteiger partial charge is 0.490 e. The average molecular weight is 596 g/mol. The van der Waals surface area contributed by atoms with Crippen LogP contribution < -0.4 is 14.2 Å². The number of hydrogen-bond donors (Lipinski definition) is 1. The summed E-state index contributed by atoms with van der Waals surface area (Å²) < 4.78 is 74.0. The van der Waals surface area contributed by atoms with Gasteiger partial charge in [-0.15, -0.1) is 12.6 Å². The summed E-state index contributed by atoms with van der Waals surface area (Å²) in [5.41, 5.74) is 0.368. The Kier molecular flexibility index (Phi) is 18.8. The van der Waals surface area contributed by atoms with Crippen LogP contribution in [0.4, 0.5) is 0 Å². The molecule has 1 N–H and O–H groups in total. The molecule has 0 saturated carbocycles. The molecule has 0 saturated heterocycles. The van der Waals surface area contributed by atoms with Crippen molar-refractivity contribution in [3.8, 4) is 17.2 Å². The minimum atomic E-state index is -4.09. The molecule has 0 bridgehead atoms. The summed E-state index contributed by atoms with van der Waals surface area (Å²) in [6.07, 6.45) is 4.53. The predicted molar refractivity (Wildman–Crippen MR) is 145 cm³/mol. The van der Waals surface area contributed by atoms with E-state index < -0.39 is 26.5 Å². The highest BCUT2D eigenvalue weighted by molar-refractivity contribution is 7.85. The van der Waals surface area contributed by atoms with Crippen LogP contribution in [0.1, 0.15) is 83.0 Å². The maximum Gasteiger partial charge on any atom is 0.425 e. The van der Waals surface area contributed by atoms with E-state index in [1.807, 2.05) is 20.8 Å². The standard InChI is InChI=1S/C25H41NO8S.O3S/c1-5-8-12-26(13-11-20(4)27)25(28)21-18-22(32-14-7-3)24(23(19-21)33-15-9-6-2)34-16-10-17-35(29,30)31;1-4(2)3/h18-19H,5-17H2,1-4H3,(H,29,30,31);. The van der Waals surface area contributed by atoms with Crippen LogP contribution in [0, 0.1) is 0 Å². The van der Waals surface area contributed by atoms with Crippen LogP contribution >= 0.6 is 0 Å². The number of amides is 1. The number of ketones is 1. The molecule has 224 valence electrons. The van der Waals surface area contributed by atoms with Crippen molar-refractivity contribution in [2.24, 2.45) is 0 Å². The third-order valence-electron chi connectivity index (χ3n) is 5.08. The van der Waals surface area contributed by atoms with Gasteiger partial charge in [-0.05, 0) is 44.7 Å². The molecule has 0 heterocycles. The molecule has 14 heteroatoms. The topological polar surface area (TPSA) is 171 Å². The quantitative estimate of drug-likeness (QED) is 0.183. The predicted octanol–water partition coefficient (Wildman–Crippen LogP) is 3.53. The van der Waals surface area contributed by atoms with Gasteiger partial charge in [0.15, 0.2) is 11.5 Å². The van der Waals surface area contributed by atoms with Crippen molar-refractivity contribution in [2.45, 2.75) is 72.6 Å². The van der Waals surface area contributed by atoms with E-state index in [1.165, 1.54) is 6.92 Å². The van der Waals surface area contributed by atoms with Crippen LogP contribution in [0.3, 0.4) is 0 Å². The molecule has 0 unspecified atom stereocenters. The average Bonchev–Trinajstić information content (AvgIpc) is 2.84. The zero-order valence-corrected chi connectivity index (χ0v) is 24.8. The Morgan fingerprint density at radius 1 is 0.846 bits per heavy atom. The van der Waals surface area contributed by atoms with Crippen molar-refractivity contribution in [1.82, 2.24) is 4.90 Å². The smallest absolute Gasteiger partial charge is 0.425 e. The number of nitrogens with zero attached hydrogens (tertiary/aromatic N) is 1. The minimum absolute atomic E-state index is 0.0148. The first-order chi connectivity index (χ1) is 18.4. The van der Waals surface area contributed by atoms with Gasteiger partial charge in [-0.3, -0.25) is 14.1 Å². The van der Waals surface area contributed by atoms with Gasteiger partial charge in [0.2, 0.25) is 5.75 Å². The van der Waals surface area contributed by atoms with Crippen LogP contribution in [-0.4, -0.2) is 80.9 Å².